The maximum absolute atomic E-state index is 6.03. The minimum absolute atomic E-state index is 0.0580. The molecule has 6 rings (SSSR count). The molecule has 0 aromatic carbocycles. The van der Waals surface area contributed by atoms with Gasteiger partial charge in [-0.2, -0.15) is 5.10 Å². The standard InChI is InChI=1S/C26H29N5O2/c1-18-17-32-15-13-30(18)23-16-20(8-7-19-5-6-19)21-9-11-27-26(25(21)29-23)22-10-12-28-31(22)24-4-2-3-14-33-24/h9-12,16,18-19,24H,2-6,13-15,17H2,1H3/t18-,24?/m1/s1. The first-order valence-electron chi connectivity index (χ1n) is 12.1. The summed E-state index contributed by atoms with van der Waals surface area (Å²) in [6.45, 7) is 5.18. The number of aromatic nitrogens is 4. The Balaban J connectivity index is 1.51. The predicted octanol–water partition coefficient (Wildman–Crippen LogP) is 4.18. The summed E-state index contributed by atoms with van der Waals surface area (Å²) in [6.07, 6.45) is 9.25. The Labute approximate surface area is 194 Å². The lowest BCUT2D eigenvalue weighted by Gasteiger charge is -2.34. The third-order valence-electron chi connectivity index (χ3n) is 6.71. The summed E-state index contributed by atoms with van der Waals surface area (Å²) in [4.78, 5) is 12.3. The molecule has 0 spiro atoms. The SMILES string of the molecule is C[C@@H]1COCCN1c1cc(C#CC2CC2)c2ccnc(-c3ccnn3C3CCCCO3)c2n1. The Morgan fingerprint density at radius 1 is 1.09 bits per heavy atom. The summed E-state index contributed by atoms with van der Waals surface area (Å²) in [5.74, 6) is 8.39. The Kier molecular flexibility index (Phi) is 5.49. The first kappa shape index (κ1) is 20.6. The second-order valence-electron chi connectivity index (χ2n) is 9.23. The summed E-state index contributed by atoms with van der Waals surface area (Å²) in [7, 11) is 0. The number of ether oxygens (including phenoxy) is 2. The number of anilines is 1. The molecule has 2 atom stereocenters. The zero-order valence-electron chi connectivity index (χ0n) is 19.0. The highest BCUT2D eigenvalue weighted by Gasteiger charge is 2.25. The predicted molar refractivity (Wildman–Crippen MR) is 127 cm³/mol. The van der Waals surface area contributed by atoms with E-state index in [0.717, 1.165) is 66.1 Å². The molecule has 0 bridgehead atoms. The van der Waals surface area contributed by atoms with E-state index in [2.05, 4.69) is 34.8 Å². The molecular formula is C26H29N5O2. The van der Waals surface area contributed by atoms with Crippen molar-refractivity contribution >= 4 is 16.7 Å². The number of nitrogens with zero attached hydrogens (tertiary/aromatic N) is 5. The van der Waals surface area contributed by atoms with E-state index in [1.807, 2.05) is 29.2 Å². The fourth-order valence-corrected chi connectivity index (χ4v) is 4.70. The van der Waals surface area contributed by atoms with Gasteiger partial charge in [-0.15, -0.1) is 0 Å². The Morgan fingerprint density at radius 3 is 2.85 bits per heavy atom. The average Bonchev–Trinajstić information content (AvgIpc) is 3.56. The Hall–Kier alpha value is -2.95. The molecule has 3 aromatic heterocycles. The molecule has 0 N–H and O–H groups in total. The van der Waals surface area contributed by atoms with Crippen molar-refractivity contribution in [3.63, 3.8) is 0 Å². The van der Waals surface area contributed by atoms with Gasteiger partial charge in [0.25, 0.3) is 0 Å². The number of pyridine rings is 2. The lowest BCUT2D eigenvalue weighted by molar-refractivity contribution is -0.0383. The van der Waals surface area contributed by atoms with Gasteiger partial charge < -0.3 is 14.4 Å². The topological polar surface area (TPSA) is 65.3 Å². The first-order valence-corrected chi connectivity index (χ1v) is 12.1. The maximum Gasteiger partial charge on any atom is 0.150 e. The molecule has 3 aliphatic rings. The molecule has 33 heavy (non-hydrogen) atoms. The van der Waals surface area contributed by atoms with Crippen molar-refractivity contribution in [3.8, 4) is 23.2 Å². The van der Waals surface area contributed by atoms with Crippen LogP contribution < -0.4 is 4.90 Å². The van der Waals surface area contributed by atoms with Crippen molar-refractivity contribution in [1.29, 1.82) is 0 Å². The van der Waals surface area contributed by atoms with Gasteiger partial charge in [0.1, 0.15) is 17.0 Å². The van der Waals surface area contributed by atoms with E-state index in [-0.39, 0.29) is 12.3 Å². The molecule has 2 saturated heterocycles. The van der Waals surface area contributed by atoms with E-state index in [1.54, 1.807) is 0 Å². The van der Waals surface area contributed by atoms with E-state index in [4.69, 9.17) is 19.4 Å². The first-order chi connectivity index (χ1) is 16.3. The molecule has 3 fully saturated rings. The van der Waals surface area contributed by atoms with Crippen LogP contribution in [-0.2, 0) is 9.47 Å². The van der Waals surface area contributed by atoms with Crippen molar-refractivity contribution in [3.05, 3.63) is 36.2 Å². The van der Waals surface area contributed by atoms with Gasteiger partial charge in [-0.25, -0.2) is 9.67 Å². The van der Waals surface area contributed by atoms with Crippen LogP contribution in [0, 0.1) is 17.8 Å². The van der Waals surface area contributed by atoms with Crippen LogP contribution in [0.15, 0.2) is 30.6 Å². The molecule has 1 aliphatic carbocycles. The van der Waals surface area contributed by atoms with Gasteiger partial charge in [-0.3, -0.25) is 4.98 Å². The molecule has 5 heterocycles. The van der Waals surface area contributed by atoms with E-state index >= 15 is 0 Å². The third kappa shape index (κ3) is 4.09. The molecule has 3 aromatic rings. The number of hydrogen-bond donors (Lipinski definition) is 0. The number of hydrogen-bond acceptors (Lipinski definition) is 6. The van der Waals surface area contributed by atoms with Gasteiger partial charge >= 0.3 is 0 Å². The van der Waals surface area contributed by atoms with Gasteiger partial charge in [0.2, 0.25) is 0 Å². The van der Waals surface area contributed by atoms with Crippen LogP contribution >= 0.6 is 0 Å². The molecule has 0 radical (unpaired) electrons. The molecular weight excluding hydrogens is 414 g/mol. The van der Waals surface area contributed by atoms with Crippen molar-refractivity contribution in [2.75, 3.05) is 31.3 Å². The van der Waals surface area contributed by atoms with Crippen LogP contribution in [0.1, 0.15) is 50.8 Å². The Bertz CT molecular complexity index is 1220. The molecule has 170 valence electrons. The van der Waals surface area contributed by atoms with Gasteiger partial charge in [-0.05, 0) is 57.2 Å². The third-order valence-corrected chi connectivity index (χ3v) is 6.71. The smallest absolute Gasteiger partial charge is 0.150 e. The van der Waals surface area contributed by atoms with Crippen LogP contribution in [0.2, 0.25) is 0 Å². The number of fused-ring (bicyclic) bond motifs is 1. The highest BCUT2D eigenvalue weighted by atomic mass is 16.5. The quantitative estimate of drug-likeness (QED) is 0.566. The van der Waals surface area contributed by atoms with Crippen LogP contribution in [0.3, 0.4) is 0 Å². The normalized spacial score (nSPS) is 23.4. The van der Waals surface area contributed by atoms with Crippen molar-refractivity contribution in [2.45, 2.75) is 51.3 Å². The molecule has 1 unspecified atom stereocenters. The van der Waals surface area contributed by atoms with Crippen LogP contribution in [0.5, 0.6) is 0 Å². The lowest BCUT2D eigenvalue weighted by atomic mass is 10.1. The van der Waals surface area contributed by atoms with E-state index in [9.17, 15) is 0 Å². The molecule has 7 heteroatoms. The second-order valence-corrected chi connectivity index (χ2v) is 9.23. The van der Waals surface area contributed by atoms with E-state index in [0.29, 0.717) is 19.1 Å². The maximum atomic E-state index is 6.03. The summed E-state index contributed by atoms with van der Waals surface area (Å²) in [6, 6.07) is 6.45. The summed E-state index contributed by atoms with van der Waals surface area (Å²) in [5, 5.41) is 5.64. The van der Waals surface area contributed by atoms with Crippen LogP contribution in [0.4, 0.5) is 5.82 Å². The van der Waals surface area contributed by atoms with Gasteiger partial charge in [-0.1, -0.05) is 11.8 Å². The number of rotatable bonds is 3. The molecule has 1 saturated carbocycles. The summed E-state index contributed by atoms with van der Waals surface area (Å²) < 4.78 is 13.7. The largest absolute Gasteiger partial charge is 0.377 e. The monoisotopic (exact) mass is 443 g/mol. The van der Waals surface area contributed by atoms with E-state index in [1.165, 1.54) is 12.8 Å². The van der Waals surface area contributed by atoms with Crippen LogP contribution in [-0.4, -0.2) is 52.2 Å². The summed E-state index contributed by atoms with van der Waals surface area (Å²) in [5.41, 5.74) is 3.65. The molecule has 2 aliphatic heterocycles. The number of morpholine rings is 1. The summed E-state index contributed by atoms with van der Waals surface area (Å²) >= 11 is 0. The average molecular weight is 444 g/mol. The van der Waals surface area contributed by atoms with Gasteiger partial charge in [0.15, 0.2) is 6.23 Å². The van der Waals surface area contributed by atoms with Crippen molar-refractivity contribution < 1.29 is 9.47 Å². The van der Waals surface area contributed by atoms with Crippen molar-refractivity contribution in [2.24, 2.45) is 5.92 Å². The zero-order chi connectivity index (χ0) is 22.2. The minimum Gasteiger partial charge on any atom is -0.377 e. The fourth-order valence-electron chi connectivity index (χ4n) is 4.70. The Morgan fingerprint density at radius 2 is 2.03 bits per heavy atom. The van der Waals surface area contributed by atoms with Crippen molar-refractivity contribution in [1.82, 2.24) is 19.7 Å². The minimum atomic E-state index is -0.0580. The van der Waals surface area contributed by atoms with Gasteiger partial charge in [0.05, 0.1) is 24.9 Å². The lowest BCUT2D eigenvalue weighted by Crippen LogP contribution is -2.44. The highest BCUT2D eigenvalue weighted by Crippen LogP contribution is 2.34. The zero-order valence-corrected chi connectivity index (χ0v) is 19.0. The second kappa shape index (κ2) is 8.77. The van der Waals surface area contributed by atoms with Gasteiger partial charge in [0, 0.05) is 42.4 Å². The fraction of sp³-hybridized carbons (Fsp3) is 0.500. The highest BCUT2D eigenvalue weighted by molar-refractivity contribution is 5.95. The molecule has 7 nitrogen and oxygen atoms in total. The molecule has 0 amide bonds. The van der Waals surface area contributed by atoms with Crippen LogP contribution in [0.25, 0.3) is 22.3 Å². The van der Waals surface area contributed by atoms with E-state index < -0.39 is 0 Å².